The molecule has 2 N–H and O–H groups in total. The van der Waals surface area contributed by atoms with E-state index in [9.17, 15) is 10.2 Å². The summed E-state index contributed by atoms with van der Waals surface area (Å²) >= 11 is 1.62. The fourth-order valence-electron chi connectivity index (χ4n) is 8.12. The summed E-state index contributed by atoms with van der Waals surface area (Å²) in [5, 5.41) is 22.4. The number of hydrogen-bond acceptors (Lipinski definition) is 5. The quantitative estimate of drug-likeness (QED) is 0.413. The standard InChI is InChI=1S/C30H34N2O2S/c33-26-7-6-24(15-25(26)30-16-20-10-21(17-30)12-22(11-20)18-30)23-5-3-4-19(13-23)14-27-28(34)31-29(35-27)32-8-1-2-9-32/h3-7,13,15,20-22,33-34H,1-2,8-12,14,16-18H2. The van der Waals surface area contributed by atoms with Crippen LogP contribution in [0.4, 0.5) is 5.13 Å². The van der Waals surface area contributed by atoms with Gasteiger partial charge in [-0.2, -0.15) is 4.98 Å². The highest BCUT2D eigenvalue weighted by Crippen LogP contribution is 2.62. The second kappa shape index (κ2) is 8.26. The molecular formula is C30H34N2O2S. The van der Waals surface area contributed by atoms with E-state index in [1.165, 1.54) is 73.6 Å². The molecule has 1 aliphatic heterocycles. The lowest BCUT2D eigenvalue weighted by molar-refractivity contribution is -0.00611. The number of benzene rings is 2. The molecule has 0 radical (unpaired) electrons. The molecule has 0 spiro atoms. The highest BCUT2D eigenvalue weighted by atomic mass is 32.1. The Morgan fingerprint density at radius 2 is 1.57 bits per heavy atom. The van der Waals surface area contributed by atoms with Crippen molar-refractivity contribution in [3.63, 3.8) is 0 Å². The lowest BCUT2D eigenvalue weighted by Crippen LogP contribution is -2.48. The number of anilines is 1. The van der Waals surface area contributed by atoms with E-state index in [1.807, 2.05) is 6.07 Å². The van der Waals surface area contributed by atoms with Crippen LogP contribution in [0.2, 0.25) is 0 Å². The molecule has 1 saturated heterocycles. The van der Waals surface area contributed by atoms with Crippen molar-refractivity contribution < 1.29 is 10.2 Å². The van der Waals surface area contributed by atoms with E-state index in [4.69, 9.17) is 0 Å². The molecule has 2 heterocycles. The summed E-state index contributed by atoms with van der Waals surface area (Å²) in [5.41, 5.74) is 4.90. The normalized spacial score (nSPS) is 29.3. The third-order valence-electron chi connectivity index (χ3n) is 9.27. The zero-order valence-corrected chi connectivity index (χ0v) is 21.1. The minimum Gasteiger partial charge on any atom is -0.508 e. The summed E-state index contributed by atoms with van der Waals surface area (Å²) in [6.07, 6.45) is 11.1. The van der Waals surface area contributed by atoms with Gasteiger partial charge in [-0.3, -0.25) is 0 Å². The van der Waals surface area contributed by atoms with E-state index < -0.39 is 0 Å². The maximum absolute atomic E-state index is 11.0. The zero-order valence-electron chi connectivity index (χ0n) is 20.2. The van der Waals surface area contributed by atoms with Gasteiger partial charge in [-0.05, 0) is 103 Å². The van der Waals surface area contributed by atoms with Crippen molar-refractivity contribution in [2.24, 2.45) is 17.8 Å². The molecule has 4 aliphatic carbocycles. The first kappa shape index (κ1) is 21.7. The zero-order chi connectivity index (χ0) is 23.6. The minimum absolute atomic E-state index is 0.173. The first-order valence-corrected chi connectivity index (χ1v) is 14.2. The van der Waals surface area contributed by atoms with Gasteiger partial charge < -0.3 is 15.1 Å². The number of phenols is 1. The van der Waals surface area contributed by atoms with Crippen molar-refractivity contribution in [1.82, 2.24) is 4.98 Å². The molecule has 4 nitrogen and oxygen atoms in total. The summed E-state index contributed by atoms with van der Waals surface area (Å²) in [6.45, 7) is 2.07. The van der Waals surface area contributed by atoms with Gasteiger partial charge >= 0.3 is 0 Å². The predicted octanol–water partition coefficient (Wildman–Crippen LogP) is 6.88. The average Bonchev–Trinajstić information content (AvgIpc) is 3.49. The van der Waals surface area contributed by atoms with Crippen molar-refractivity contribution in [2.75, 3.05) is 18.0 Å². The Morgan fingerprint density at radius 1 is 0.886 bits per heavy atom. The van der Waals surface area contributed by atoms with Crippen LogP contribution in [-0.4, -0.2) is 28.3 Å². The largest absolute Gasteiger partial charge is 0.508 e. The van der Waals surface area contributed by atoms with Gasteiger partial charge in [-0.15, -0.1) is 0 Å². The van der Waals surface area contributed by atoms with Gasteiger partial charge in [-0.25, -0.2) is 0 Å². The van der Waals surface area contributed by atoms with Crippen molar-refractivity contribution in [3.8, 4) is 22.8 Å². The monoisotopic (exact) mass is 486 g/mol. The van der Waals surface area contributed by atoms with E-state index in [-0.39, 0.29) is 11.3 Å². The molecule has 0 atom stereocenters. The van der Waals surface area contributed by atoms with Crippen LogP contribution in [0.25, 0.3) is 11.1 Å². The second-order valence-electron chi connectivity index (χ2n) is 11.7. The Labute approximate surface area is 211 Å². The molecule has 0 amide bonds. The first-order chi connectivity index (χ1) is 17.0. The number of aromatic nitrogens is 1. The van der Waals surface area contributed by atoms with Gasteiger partial charge in [0.25, 0.3) is 0 Å². The van der Waals surface area contributed by atoms with E-state index in [0.717, 1.165) is 40.9 Å². The number of thiazole rings is 1. The highest BCUT2D eigenvalue weighted by molar-refractivity contribution is 7.15. The van der Waals surface area contributed by atoms with Crippen LogP contribution >= 0.6 is 11.3 Å². The van der Waals surface area contributed by atoms with E-state index in [0.29, 0.717) is 12.2 Å². The Morgan fingerprint density at radius 3 is 2.29 bits per heavy atom. The van der Waals surface area contributed by atoms with Gasteiger partial charge in [-0.1, -0.05) is 41.7 Å². The predicted molar refractivity (Wildman–Crippen MR) is 141 cm³/mol. The fraction of sp³-hybridized carbons (Fsp3) is 0.500. The smallest absolute Gasteiger partial charge is 0.227 e. The van der Waals surface area contributed by atoms with Gasteiger partial charge in [0.2, 0.25) is 5.88 Å². The molecule has 182 valence electrons. The number of hydrogen-bond donors (Lipinski definition) is 2. The van der Waals surface area contributed by atoms with Crippen molar-refractivity contribution in [2.45, 2.75) is 63.2 Å². The third kappa shape index (κ3) is 3.83. The Kier molecular flexibility index (Phi) is 5.13. The Bertz CT molecular complexity index is 1220. The van der Waals surface area contributed by atoms with Crippen LogP contribution in [0.5, 0.6) is 11.6 Å². The van der Waals surface area contributed by atoms with E-state index in [2.05, 4.69) is 46.3 Å². The van der Waals surface area contributed by atoms with Crippen LogP contribution in [0.1, 0.15) is 67.4 Å². The summed E-state index contributed by atoms with van der Waals surface area (Å²) in [4.78, 5) is 7.67. The van der Waals surface area contributed by atoms with Crippen molar-refractivity contribution in [3.05, 3.63) is 58.5 Å². The number of phenolic OH excluding ortho intramolecular Hbond substituents is 1. The van der Waals surface area contributed by atoms with Crippen LogP contribution in [-0.2, 0) is 11.8 Å². The Hall–Kier alpha value is -2.53. The molecule has 4 bridgehead atoms. The molecule has 4 saturated carbocycles. The third-order valence-corrected chi connectivity index (χ3v) is 10.4. The number of nitrogens with zero attached hydrogens (tertiary/aromatic N) is 2. The molecule has 0 unspecified atom stereocenters. The second-order valence-corrected chi connectivity index (χ2v) is 12.8. The Balaban J connectivity index is 1.18. The van der Waals surface area contributed by atoms with Crippen molar-refractivity contribution >= 4 is 16.5 Å². The topological polar surface area (TPSA) is 56.6 Å². The maximum Gasteiger partial charge on any atom is 0.227 e. The average molecular weight is 487 g/mol. The molecule has 2 aromatic carbocycles. The molecular weight excluding hydrogens is 452 g/mol. The number of aromatic hydroxyl groups is 2. The summed E-state index contributed by atoms with van der Waals surface area (Å²) < 4.78 is 0. The SMILES string of the molecule is Oc1ccc(-c2cccc(Cc3sc(N4CCCC4)nc3O)c2)cc1C12CC3CC(CC(C3)C1)C2. The molecule has 5 aliphatic rings. The molecule has 3 aromatic rings. The van der Waals surface area contributed by atoms with Crippen LogP contribution in [0.15, 0.2) is 42.5 Å². The minimum atomic E-state index is 0.173. The lowest BCUT2D eigenvalue weighted by Gasteiger charge is -2.57. The molecule has 8 rings (SSSR count). The first-order valence-electron chi connectivity index (χ1n) is 13.4. The van der Waals surface area contributed by atoms with Gasteiger partial charge in [0.1, 0.15) is 5.75 Å². The fourth-order valence-corrected chi connectivity index (χ4v) is 9.16. The van der Waals surface area contributed by atoms with Crippen LogP contribution in [0, 0.1) is 17.8 Å². The summed E-state index contributed by atoms with van der Waals surface area (Å²) in [7, 11) is 0. The van der Waals surface area contributed by atoms with E-state index >= 15 is 0 Å². The number of rotatable bonds is 5. The highest BCUT2D eigenvalue weighted by Gasteiger charge is 2.52. The summed E-state index contributed by atoms with van der Waals surface area (Å²) in [5.74, 6) is 3.22. The maximum atomic E-state index is 11.0. The van der Waals surface area contributed by atoms with E-state index in [1.54, 1.807) is 11.3 Å². The van der Waals surface area contributed by atoms with Crippen molar-refractivity contribution in [1.29, 1.82) is 0 Å². The van der Waals surface area contributed by atoms with Crippen LogP contribution in [0.3, 0.4) is 0 Å². The van der Waals surface area contributed by atoms with Gasteiger partial charge in [0.05, 0.1) is 4.88 Å². The van der Waals surface area contributed by atoms with Gasteiger partial charge in [0.15, 0.2) is 5.13 Å². The van der Waals surface area contributed by atoms with Crippen LogP contribution < -0.4 is 4.90 Å². The van der Waals surface area contributed by atoms with Gasteiger partial charge in [0, 0.05) is 25.1 Å². The lowest BCUT2D eigenvalue weighted by atomic mass is 9.48. The molecule has 5 fully saturated rings. The molecule has 5 heteroatoms. The molecule has 1 aromatic heterocycles. The summed E-state index contributed by atoms with van der Waals surface area (Å²) in [6, 6.07) is 14.9. The molecule has 35 heavy (non-hydrogen) atoms.